The summed E-state index contributed by atoms with van der Waals surface area (Å²) in [6, 6.07) is 3.44. The van der Waals surface area contributed by atoms with Gasteiger partial charge < -0.3 is 0 Å². The summed E-state index contributed by atoms with van der Waals surface area (Å²) in [5.74, 6) is 0.298. The molecular formula is C14H17N3O2S2. The molecule has 0 saturated carbocycles. The predicted molar refractivity (Wildman–Crippen MR) is 81.8 cm³/mol. The third-order valence-electron chi connectivity index (χ3n) is 3.74. The number of aryl methyl sites for hydroxylation is 1. The van der Waals surface area contributed by atoms with Crippen molar-refractivity contribution in [2.45, 2.75) is 29.9 Å². The van der Waals surface area contributed by atoms with Crippen molar-refractivity contribution in [3.05, 3.63) is 41.3 Å². The summed E-state index contributed by atoms with van der Waals surface area (Å²) >= 11 is 1.27. The summed E-state index contributed by atoms with van der Waals surface area (Å²) in [6.07, 6.45) is 5.12. The van der Waals surface area contributed by atoms with E-state index in [1.165, 1.54) is 11.3 Å². The highest BCUT2D eigenvalue weighted by Gasteiger charge is 2.31. The maximum Gasteiger partial charge on any atom is 0.252 e. The molecule has 0 aliphatic carbocycles. The Bertz CT molecular complexity index is 706. The van der Waals surface area contributed by atoms with E-state index in [0.29, 0.717) is 23.2 Å². The Balaban J connectivity index is 1.71. The van der Waals surface area contributed by atoms with Crippen LogP contribution < -0.4 is 0 Å². The van der Waals surface area contributed by atoms with Crippen molar-refractivity contribution in [3.8, 4) is 0 Å². The van der Waals surface area contributed by atoms with Crippen molar-refractivity contribution >= 4 is 21.4 Å². The van der Waals surface area contributed by atoms with Crippen LogP contribution in [-0.2, 0) is 10.0 Å². The van der Waals surface area contributed by atoms with Crippen molar-refractivity contribution < 1.29 is 8.42 Å². The van der Waals surface area contributed by atoms with Crippen molar-refractivity contribution in [3.63, 3.8) is 0 Å². The van der Waals surface area contributed by atoms with Crippen LogP contribution in [0.4, 0.5) is 0 Å². The third kappa shape index (κ3) is 3.00. The number of piperidine rings is 1. The number of sulfonamides is 1. The van der Waals surface area contributed by atoms with E-state index < -0.39 is 10.0 Å². The monoisotopic (exact) mass is 323 g/mol. The molecule has 3 heterocycles. The van der Waals surface area contributed by atoms with E-state index in [-0.39, 0.29) is 0 Å². The number of aromatic nitrogens is 2. The number of nitrogens with zero attached hydrogens (tertiary/aromatic N) is 3. The molecule has 0 spiro atoms. The molecule has 5 nitrogen and oxygen atoms in total. The molecule has 1 saturated heterocycles. The standard InChI is InChI=1S/C14H17N3O2S2/c1-11-9-15-10-13(16-11)12-4-6-17(7-5-12)21(18,19)14-3-2-8-20-14/h2-3,8-10,12H,4-7H2,1H3. The van der Waals surface area contributed by atoms with Crippen LogP contribution in [-0.4, -0.2) is 35.8 Å². The van der Waals surface area contributed by atoms with Gasteiger partial charge in [0.05, 0.1) is 11.4 Å². The largest absolute Gasteiger partial charge is 0.261 e. The summed E-state index contributed by atoms with van der Waals surface area (Å²) in [5, 5.41) is 1.79. The van der Waals surface area contributed by atoms with E-state index >= 15 is 0 Å². The highest BCUT2D eigenvalue weighted by Crippen LogP contribution is 2.30. The van der Waals surface area contributed by atoms with Crippen LogP contribution in [0.3, 0.4) is 0 Å². The van der Waals surface area contributed by atoms with Crippen molar-refractivity contribution in [2.75, 3.05) is 13.1 Å². The maximum atomic E-state index is 12.5. The summed E-state index contributed by atoms with van der Waals surface area (Å²) in [4.78, 5) is 8.68. The summed E-state index contributed by atoms with van der Waals surface area (Å²) in [5.41, 5.74) is 1.88. The minimum absolute atomic E-state index is 0.298. The van der Waals surface area contributed by atoms with Crippen LogP contribution >= 0.6 is 11.3 Å². The first-order valence-corrected chi connectivity index (χ1v) is 9.21. The molecule has 0 radical (unpaired) electrons. The van der Waals surface area contributed by atoms with Crippen molar-refractivity contribution in [2.24, 2.45) is 0 Å². The average Bonchev–Trinajstić information content (AvgIpc) is 3.02. The van der Waals surface area contributed by atoms with Gasteiger partial charge in [-0.1, -0.05) is 6.07 Å². The fourth-order valence-electron chi connectivity index (χ4n) is 2.61. The third-order valence-corrected chi connectivity index (χ3v) is 7.01. The number of thiophene rings is 1. The molecule has 1 aliphatic heterocycles. The van der Waals surface area contributed by atoms with Crippen LogP contribution in [0.1, 0.15) is 30.1 Å². The maximum absolute atomic E-state index is 12.5. The van der Waals surface area contributed by atoms with E-state index in [2.05, 4.69) is 9.97 Å². The molecule has 0 unspecified atom stereocenters. The molecule has 0 N–H and O–H groups in total. The topological polar surface area (TPSA) is 63.2 Å². The minimum atomic E-state index is -3.32. The van der Waals surface area contributed by atoms with E-state index in [1.807, 2.05) is 6.92 Å². The normalized spacial score (nSPS) is 18.0. The smallest absolute Gasteiger partial charge is 0.252 e. The van der Waals surface area contributed by atoms with Crippen LogP contribution in [0, 0.1) is 6.92 Å². The van der Waals surface area contributed by atoms with Gasteiger partial charge in [0, 0.05) is 31.4 Å². The van der Waals surface area contributed by atoms with E-state index in [0.717, 1.165) is 24.2 Å². The minimum Gasteiger partial charge on any atom is -0.261 e. The first-order chi connectivity index (χ1) is 10.1. The zero-order chi connectivity index (χ0) is 14.9. The average molecular weight is 323 g/mol. The van der Waals surface area contributed by atoms with Crippen LogP contribution in [0.2, 0.25) is 0 Å². The van der Waals surface area contributed by atoms with Gasteiger partial charge in [-0.2, -0.15) is 4.31 Å². The molecule has 21 heavy (non-hydrogen) atoms. The lowest BCUT2D eigenvalue weighted by Crippen LogP contribution is -2.37. The Kier molecular flexibility index (Phi) is 4.05. The second-order valence-corrected chi connectivity index (χ2v) is 8.31. The van der Waals surface area contributed by atoms with Crippen LogP contribution in [0.15, 0.2) is 34.1 Å². The Morgan fingerprint density at radius 3 is 2.67 bits per heavy atom. The lowest BCUT2D eigenvalue weighted by Gasteiger charge is -2.30. The van der Waals surface area contributed by atoms with Gasteiger partial charge in [-0.3, -0.25) is 9.97 Å². The molecule has 2 aromatic rings. The van der Waals surface area contributed by atoms with E-state index in [4.69, 9.17) is 0 Å². The van der Waals surface area contributed by atoms with E-state index in [9.17, 15) is 8.42 Å². The van der Waals surface area contributed by atoms with Crippen LogP contribution in [0.25, 0.3) is 0 Å². The van der Waals surface area contributed by atoms with Crippen molar-refractivity contribution in [1.82, 2.24) is 14.3 Å². The van der Waals surface area contributed by atoms with E-state index in [1.54, 1.807) is 34.2 Å². The Morgan fingerprint density at radius 2 is 2.05 bits per heavy atom. The van der Waals surface area contributed by atoms with Gasteiger partial charge in [0.2, 0.25) is 0 Å². The molecule has 1 fully saturated rings. The zero-order valence-corrected chi connectivity index (χ0v) is 13.4. The fourth-order valence-corrected chi connectivity index (χ4v) is 5.22. The quantitative estimate of drug-likeness (QED) is 0.870. The molecule has 0 aromatic carbocycles. The number of hydrogen-bond donors (Lipinski definition) is 0. The number of rotatable bonds is 3. The van der Waals surface area contributed by atoms with Crippen LogP contribution in [0.5, 0.6) is 0 Å². The zero-order valence-electron chi connectivity index (χ0n) is 11.8. The first kappa shape index (κ1) is 14.6. The summed E-state index contributed by atoms with van der Waals surface area (Å²) in [6.45, 7) is 3.01. The molecule has 112 valence electrons. The fraction of sp³-hybridized carbons (Fsp3) is 0.429. The molecular weight excluding hydrogens is 306 g/mol. The lowest BCUT2D eigenvalue weighted by atomic mass is 9.95. The Morgan fingerprint density at radius 1 is 1.29 bits per heavy atom. The molecule has 7 heteroatoms. The molecule has 0 atom stereocenters. The second-order valence-electron chi connectivity index (χ2n) is 5.20. The van der Waals surface area contributed by atoms with Gasteiger partial charge in [-0.15, -0.1) is 11.3 Å². The molecule has 0 bridgehead atoms. The Labute approximate surface area is 128 Å². The highest BCUT2D eigenvalue weighted by atomic mass is 32.2. The van der Waals surface area contributed by atoms with Gasteiger partial charge >= 0.3 is 0 Å². The molecule has 2 aromatic heterocycles. The van der Waals surface area contributed by atoms with Gasteiger partial charge in [-0.05, 0) is 31.2 Å². The highest BCUT2D eigenvalue weighted by molar-refractivity contribution is 7.91. The Hall–Kier alpha value is -1.31. The first-order valence-electron chi connectivity index (χ1n) is 6.89. The number of hydrogen-bond acceptors (Lipinski definition) is 5. The predicted octanol–water partition coefficient (Wildman–Crippen LogP) is 2.41. The SMILES string of the molecule is Cc1cncc(C2CCN(S(=O)(=O)c3cccs3)CC2)n1. The molecule has 0 amide bonds. The van der Waals surface area contributed by atoms with Crippen molar-refractivity contribution in [1.29, 1.82) is 0 Å². The lowest BCUT2D eigenvalue weighted by molar-refractivity contribution is 0.317. The van der Waals surface area contributed by atoms with Gasteiger partial charge in [-0.25, -0.2) is 8.42 Å². The summed E-state index contributed by atoms with van der Waals surface area (Å²) in [7, 11) is -3.32. The van der Waals surface area contributed by atoms with Gasteiger partial charge in [0.15, 0.2) is 0 Å². The molecule has 3 rings (SSSR count). The van der Waals surface area contributed by atoms with Gasteiger partial charge in [0.25, 0.3) is 10.0 Å². The summed E-state index contributed by atoms with van der Waals surface area (Å²) < 4.78 is 26.9. The van der Waals surface area contributed by atoms with Gasteiger partial charge in [0.1, 0.15) is 4.21 Å². The molecule has 1 aliphatic rings. The second kappa shape index (κ2) is 5.82.